The number of hydrogen-bond donors (Lipinski definition) is 1. The van der Waals surface area contributed by atoms with E-state index in [-0.39, 0.29) is 0 Å². The van der Waals surface area contributed by atoms with Crippen molar-refractivity contribution in [2.24, 2.45) is 0 Å². The van der Waals surface area contributed by atoms with Gasteiger partial charge in [-0.1, -0.05) is 6.07 Å². The van der Waals surface area contributed by atoms with Crippen LogP contribution in [0, 0.1) is 0 Å². The molecule has 0 bridgehead atoms. The van der Waals surface area contributed by atoms with E-state index in [4.69, 9.17) is 15.6 Å². The number of methoxy groups -OCH3 is 1. The van der Waals surface area contributed by atoms with Crippen LogP contribution >= 0.6 is 0 Å². The molecule has 1 aliphatic carbocycles. The first kappa shape index (κ1) is 20.2. The molecule has 0 unspecified atom stereocenters. The number of benzene rings is 1. The van der Waals surface area contributed by atoms with Crippen LogP contribution < -0.4 is 10.5 Å². The lowest BCUT2D eigenvalue weighted by atomic mass is 9.90. The first-order valence-electron chi connectivity index (χ1n) is 11.2. The molecule has 0 amide bonds. The summed E-state index contributed by atoms with van der Waals surface area (Å²) in [5, 5.41) is 6.00. The van der Waals surface area contributed by atoms with Crippen LogP contribution in [0.4, 0.5) is 5.69 Å². The summed E-state index contributed by atoms with van der Waals surface area (Å²) in [6, 6.07) is 6.86. The maximum Gasteiger partial charge on any atom is 0.162 e. The lowest BCUT2D eigenvalue weighted by Gasteiger charge is -2.41. The molecule has 1 saturated carbocycles. The monoisotopic (exact) mass is 421 g/mol. The summed E-state index contributed by atoms with van der Waals surface area (Å²) in [4.78, 5) is 14.0. The molecule has 2 aromatic heterocycles. The molecule has 0 radical (unpaired) electrons. The summed E-state index contributed by atoms with van der Waals surface area (Å²) in [5.74, 6) is 0.657. The van der Waals surface area contributed by atoms with E-state index in [0.29, 0.717) is 23.5 Å². The van der Waals surface area contributed by atoms with E-state index >= 15 is 0 Å². The Morgan fingerprint density at radius 2 is 1.77 bits per heavy atom. The topological polar surface area (TPSA) is 85.3 Å². The number of likely N-dealkylation sites (N-methyl/N-ethyl adjacent to an activating group) is 1. The number of nitrogens with zero attached hydrogens (tertiary/aromatic N) is 6. The molecule has 8 nitrogen and oxygen atoms in total. The number of hydrogen-bond acceptors (Lipinski definition) is 7. The number of anilines is 1. The van der Waals surface area contributed by atoms with Gasteiger partial charge < -0.3 is 15.4 Å². The SMILES string of the molecule is COc1cc(-c2nn(C3CCC(N4CCN(C)CC4)CC3)c3ncncc23)ccc1N. The van der Waals surface area contributed by atoms with Crippen molar-refractivity contribution in [3.05, 3.63) is 30.7 Å². The van der Waals surface area contributed by atoms with Crippen LogP contribution in [0.25, 0.3) is 22.3 Å². The maximum absolute atomic E-state index is 6.01. The van der Waals surface area contributed by atoms with Gasteiger partial charge in [0.05, 0.1) is 24.2 Å². The van der Waals surface area contributed by atoms with Crippen LogP contribution in [0.3, 0.4) is 0 Å². The normalized spacial score (nSPS) is 23.3. The highest BCUT2D eigenvalue weighted by atomic mass is 16.5. The second kappa shape index (κ2) is 8.43. The van der Waals surface area contributed by atoms with E-state index in [1.165, 1.54) is 39.0 Å². The maximum atomic E-state index is 6.01. The summed E-state index contributed by atoms with van der Waals surface area (Å²) in [7, 11) is 3.85. The van der Waals surface area contributed by atoms with E-state index in [2.05, 4.69) is 31.5 Å². The highest BCUT2D eigenvalue weighted by Crippen LogP contribution is 2.36. The summed E-state index contributed by atoms with van der Waals surface area (Å²) >= 11 is 0. The first-order chi connectivity index (χ1) is 15.1. The van der Waals surface area contributed by atoms with Crippen LogP contribution in [-0.2, 0) is 0 Å². The van der Waals surface area contributed by atoms with Crippen molar-refractivity contribution >= 4 is 16.7 Å². The molecule has 2 fully saturated rings. The number of fused-ring (bicyclic) bond motifs is 1. The van der Waals surface area contributed by atoms with Crippen molar-refractivity contribution in [1.82, 2.24) is 29.5 Å². The Balaban J connectivity index is 1.40. The van der Waals surface area contributed by atoms with Crippen molar-refractivity contribution < 1.29 is 4.74 Å². The Hall–Kier alpha value is -2.71. The molecule has 164 valence electrons. The zero-order chi connectivity index (χ0) is 21.4. The van der Waals surface area contributed by atoms with Gasteiger partial charge in [-0.3, -0.25) is 4.90 Å². The van der Waals surface area contributed by atoms with Crippen molar-refractivity contribution in [2.75, 3.05) is 46.1 Å². The lowest BCUT2D eigenvalue weighted by Crippen LogP contribution is -2.49. The second-order valence-electron chi connectivity index (χ2n) is 8.81. The summed E-state index contributed by atoms with van der Waals surface area (Å²) in [5.41, 5.74) is 9.39. The summed E-state index contributed by atoms with van der Waals surface area (Å²) < 4.78 is 7.55. The Morgan fingerprint density at radius 1 is 1.03 bits per heavy atom. The van der Waals surface area contributed by atoms with E-state index < -0.39 is 0 Å². The van der Waals surface area contributed by atoms with Crippen molar-refractivity contribution in [3.8, 4) is 17.0 Å². The fourth-order valence-electron chi connectivity index (χ4n) is 5.06. The number of ether oxygens (including phenoxy) is 1. The first-order valence-corrected chi connectivity index (χ1v) is 11.2. The fourth-order valence-corrected chi connectivity index (χ4v) is 5.06. The number of aromatic nitrogens is 4. The van der Waals surface area contributed by atoms with Gasteiger partial charge in [-0.05, 0) is 44.9 Å². The molecule has 2 N–H and O–H groups in total. The molecule has 31 heavy (non-hydrogen) atoms. The highest BCUT2D eigenvalue weighted by molar-refractivity contribution is 5.91. The van der Waals surface area contributed by atoms with Gasteiger partial charge in [-0.2, -0.15) is 5.10 Å². The van der Waals surface area contributed by atoms with Crippen LogP contribution in [0.5, 0.6) is 5.75 Å². The average Bonchev–Trinajstić information content (AvgIpc) is 3.20. The van der Waals surface area contributed by atoms with Crippen LogP contribution in [-0.4, -0.2) is 75.9 Å². The zero-order valence-corrected chi connectivity index (χ0v) is 18.4. The quantitative estimate of drug-likeness (QED) is 0.648. The third-order valence-electron chi connectivity index (χ3n) is 6.94. The largest absolute Gasteiger partial charge is 0.495 e. The predicted molar refractivity (Wildman–Crippen MR) is 122 cm³/mol. The van der Waals surface area contributed by atoms with Gasteiger partial charge in [0.1, 0.15) is 17.8 Å². The molecule has 1 saturated heterocycles. The molecule has 3 aromatic rings. The average molecular weight is 422 g/mol. The van der Waals surface area contributed by atoms with E-state index in [1.54, 1.807) is 13.4 Å². The summed E-state index contributed by atoms with van der Waals surface area (Å²) in [6.45, 7) is 4.73. The standard InChI is InChI=1S/C23H31N7O/c1-28-9-11-29(12-10-28)17-4-6-18(7-5-17)30-23-19(14-25-15-26-23)22(27-30)16-3-8-20(24)21(13-16)31-2/h3,8,13-15,17-18H,4-7,9-12,24H2,1-2H3. The minimum Gasteiger partial charge on any atom is -0.495 e. The van der Waals surface area contributed by atoms with Crippen LogP contribution in [0.15, 0.2) is 30.7 Å². The van der Waals surface area contributed by atoms with Crippen LogP contribution in [0.1, 0.15) is 31.7 Å². The Labute approximate surface area is 183 Å². The number of rotatable bonds is 4. The molecule has 1 aliphatic heterocycles. The fraction of sp³-hybridized carbons (Fsp3) is 0.522. The molecule has 0 spiro atoms. The Bertz CT molecular complexity index is 1050. The highest BCUT2D eigenvalue weighted by Gasteiger charge is 2.30. The number of nitrogens with two attached hydrogens (primary N) is 1. The van der Waals surface area contributed by atoms with Gasteiger partial charge in [-0.15, -0.1) is 0 Å². The van der Waals surface area contributed by atoms with Crippen LogP contribution in [0.2, 0.25) is 0 Å². The molecule has 0 atom stereocenters. The molecule has 8 heteroatoms. The third kappa shape index (κ3) is 3.85. The molecular formula is C23H31N7O. The Morgan fingerprint density at radius 3 is 2.52 bits per heavy atom. The predicted octanol–water partition coefficient (Wildman–Crippen LogP) is 2.82. The molecule has 1 aromatic carbocycles. The van der Waals surface area contributed by atoms with E-state index in [9.17, 15) is 0 Å². The van der Waals surface area contributed by atoms with Gasteiger partial charge >= 0.3 is 0 Å². The number of piperazine rings is 1. The summed E-state index contributed by atoms with van der Waals surface area (Å²) in [6.07, 6.45) is 8.16. The lowest BCUT2D eigenvalue weighted by molar-refractivity contribution is 0.0815. The Kier molecular flexibility index (Phi) is 5.50. The van der Waals surface area contributed by atoms with Crippen molar-refractivity contribution in [1.29, 1.82) is 0 Å². The van der Waals surface area contributed by atoms with E-state index in [1.807, 2.05) is 24.4 Å². The minimum atomic E-state index is 0.366. The van der Waals surface area contributed by atoms with Gasteiger partial charge in [0.25, 0.3) is 0 Å². The molecule has 5 rings (SSSR count). The van der Waals surface area contributed by atoms with Crippen molar-refractivity contribution in [3.63, 3.8) is 0 Å². The minimum absolute atomic E-state index is 0.366. The van der Waals surface area contributed by atoms with Gasteiger partial charge in [-0.25, -0.2) is 14.6 Å². The van der Waals surface area contributed by atoms with Gasteiger partial charge in [0.15, 0.2) is 5.65 Å². The van der Waals surface area contributed by atoms with Crippen molar-refractivity contribution in [2.45, 2.75) is 37.8 Å². The molecule has 2 aliphatic rings. The zero-order valence-electron chi connectivity index (χ0n) is 18.4. The van der Waals surface area contributed by atoms with E-state index in [0.717, 1.165) is 35.1 Å². The smallest absolute Gasteiger partial charge is 0.162 e. The molecule has 3 heterocycles. The number of nitrogen functional groups attached to an aromatic ring is 1. The van der Waals surface area contributed by atoms with Gasteiger partial charge in [0, 0.05) is 44.0 Å². The molecular weight excluding hydrogens is 390 g/mol. The van der Waals surface area contributed by atoms with Gasteiger partial charge in [0.2, 0.25) is 0 Å². The third-order valence-corrected chi connectivity index (χ3v) is 6.94. The second-order valence-corrected chi connectivity index (χ2v) is 8.81.